The zero-order valence-corrected chi connectivity index (χ0v) is 9.77. The summed E-state index contributed by atoms with van der Waals surface area (Å²) in [5.74, 6) is -0.726. The molecule has 0 bridgehead atoms. The van der Waals surface area contributed by atoms with Gasteiger partial charge in [0.05, 0.1) is 0 Å². The molecular weight excluding hydrogens is 258 g/mol. The standard InChI is InChI=1S/C11H12BrNO2/c12-8-3-5-9(6-4-8)13-7-1-2-10(13)11(14)15/h3-6,10H,1-2,7H2,(H,14,15). The van der Waals surface area contributed by atoms with E-state index in [0.29, 0.717) is 0 Å². The second kappa shape index (κ2) is 4.23. The van der Waals surface area contributed by atoms with Crippen molar-refractivity contribution in [3.05, 3.63) is 28.7 Å². The topological polar surface area (TPSA) is 40.5 Å². The quantitative estimate of drug-likeness (QED) is 0.897. The first kappa shape index (κ1) is 10.5. The molecule has 1 fully saturated rings. The van der Waals surface area contributed by atoms with Crippen molar-refractivity contribution in [3.8, 4) is 0 Å². The zero-order chi connectivity index (χ0) is 10.8. The van der Waals surface area contributed by atoms with E-state index in [9.17, 15) is 4.79 Å². The fourth-order valence-electron chi connectivity index (χ4n) is 1.97. The van der Waals surface area contributed by atoms with Gasteiger partial charge >= 0.3 is 5.97 Å². The van der Waals surface area contributed by atoms with Gasteiger partial charge < -0.3 is 10.0 Å². The maximum absolute atomic E-state index is 11.0. The second-order valence-electron chi connectivity index (χ2n) is 3.67. The van der Waals surface area contributed by atoms with E-state index >= 15 is 0 Å². The van der Waals surface area contributed by atoms with Gasteiger partial charge in [0.2, 0.25) is 0 Å². The molecule has 80 valence electrons. The second-order valence-corrected chi connectivity index (χ2v) is 4.58. The predicted octanol–water partition coefficient (Wildman–Crippen LogP) is 2.50. The van der Waals surface area contributed by atoms with Crippen molar-refractivity contribution in [1.82, 2.24) is 0 Å². The van der Waals surface area contributed by atoms with Gasteiger partial charge in [-0.25, -0.2) is 4.79 Å². The largest absolute Gasteiger partial charge is 0.480 e. The molecule has 1 heterocycles. The highest BCUT2D eigenvalue weighted by molar-refractivity contribution is 9.10. The van der Waals surface area contributed by atoms with Crippen molar-refractivity contribution < 1.29 is 9.90 Å². The number of anilines is 1. The lowest BCUT2D eigenvalue weighted by molar-refractivity contribution is -0.138. The van der Waals surface area contributed by atoms with Crippen LogP contribution in [-0.4, -0.2) is 23.7 Å². The van der Waals surface area contributed by atoms with E-state index in [2.05, 4.69) is 15.9 Å². The third kappa shape index (κ3) is 2.15. The first-order chi connectivity index (χ1) is 7.18. The molecule has 1 aliphatic heterocycles. The van der Waals surface area contributed by atoms with Gasteiger partial charge in [-0.2, -0.15) is 0 Å². The fraction of sp³-hybridized carbons (Fsp3) is 0.364. The summed E-state index contributed by atoms with van der Waals surface area (Å²) in [5.41, 5.74) is 0.989. The van der Waals surface area contributed by atoms with Crippen LogP contribution in [-0.2, 0) is 4.79 Å². The van der Waals surface area contributed by atoms with E-state index in [0.717, 1.165) is 29.5 Å². The van der Waals surface area contributed by atoms with Crippen LogP contribution in [0.3, 0.4) is 0 Å². The molecule has 1 aliphatic rings. The first-order valence-corrected chi connectivity index (χ1v) is 5.73. The molecule has 0 amide bonds. The summed E-state index contributed by atoms with van der Waals surface area (Å²) in [5, 5.41) is 9.05. The SMILES string of the molecule is O=C(O)C1CCCN1c1ccc(Br)cc1. The highest BCUT2D eigenvalue weighted by Gasteiger charge is 2.30. The molecule has 0 spiro atoms. The van der Waals surface area contributed by atoms with E-state index in [1.807, 2.05) is 29.2 Å². The Kier molecular flexibility index (Phi) is 2.95. The number of hydrogen-bond acceptors (Lipinski definition) is 2. The molecule has 1 atom stereocenters. The van der Waals surface area contributed by atoms with Crippen LogP contribution in [0.25, 0.3) is 0 Å². The third-order valence-corrected chi connectivity index (χ3v) is 3.22. The zero-order valence-electron chi connectivity index (χ0n) is 8.19. The summed E-state index contributed by atoms with van der Waals surface area (Å²) in [6, 6.07) is 7.42. The Hall–Kier alpha value is -1.03. The van der Waals surface area contributed by atoms with Crippen LogP contribution in [0.4, 0.5) is 5.69 Å². The number of carboxylic acids is 1. The maximum Gasteiger partial charge on any atom is 0.326 e. The number of hydrogen-bond donors (Lipinski definition) is 1. The Morgan fingerprint density at radius 3 is 2.67 bits per heavy atom. The molecule has 1 saturated heterocycles. The number of benzene rings is 1. The van der Waals surface area contributed by atoms with Crippen molar-refractivity contribution in [2.45, 2.75) is 18.9 Å². The smallest absolute Gasteiger partial charge is 0.326 e. The van der Waals surface area contributed by atoms with Gasteiger partial charge in [-0.3, -0.25) is 0 Å². The number of halogens is 1. The van der Waals surface area contributed by atoms with Gasteiger partial charge in [0, 0.05) is 16.7 Å². The highest BCUT2D eigenvalue weighted by atomic mass is 79.9. The first-order valence-electron chi connectivity index (χ1n) is 4.93. The highest BCUT2D eigenvalue weighted by Crippen LogP contribution is 2.26. The minimum atomic E-state index is -0.726. The van der Waals surface area contributed by atoms with Crippen LogP contribution in [0.1, 0.15) is 12.8 Å². The van der Waals surface area contributed by atoms with Crippen molar-refractivity contribution in [3.63, 3.8) is 0 Å². The number of rotatable bonds is 2. The van der Waals surface area contributed by atoms with Crippen molar-refractivity contribution in [1.29, 1.82) is 0 Å². The van der Waals surface area contributed by atoms with Gasteiger partial charge in [-0.15, -0.1) is 0 Å². The summed E-state index contributed by atoms with van der Waals surface area (Å²) in [4.78, 5) is 13.0. The summed E-state index contributed by atoms with van der Waals surface area (Å²) in [6.45, 7) is 0.832. The van der Waals surface area contributed by atoms with Crippen LogP contribution in [0.15, 0.2) is 28.7 Å². The van der Waals surface area contributed by atoms with Gasteiger partial charge in [0.15, 0.2) is 0 Å². The van der Waals surface area contributed by atoms with Crippen molar-refractivity contribution in [2.75, 3.05) is 11.4 Å². The Morgan fingerprint density at radius 1 is 1.40 bits per heavy atom. The fourth-order valence-corrected chi connectivity index (χ4v) is 2.23. The van der Waals surface area contributed by atoms with E-state index < -0.39 is 5.97 Å². The Bertz CT molecular complexity index is 363. The summed E-state index contributed by atoms with van der Waals surface area (Å²) in [7, 11) is 0. The number of carboxylic acid groups (broad SMARTS) is 1. The molecule has 1 unspecified atom stereocenters. The molecule has 1 N–H and O–H groups in total. The summed E-state index contributed by atoms with van der Waals surface area (Å²) >= 11 is 3.36. The monoisotopic (exact) mass is 269 g/mol. The van der Waals surface area contributed by atoms with E-state index in [1.165, 1.54) is 0 Å². The molecule has 15 heavy (non-hydrogen) atoms. The predicted molar refractivity (Wildman–Crippen MR) is 62.1 cm³/mol. The van der Waals surface area contributed by atoms with E-state index in [4.69, 9.17) is 5.11 Å². The lowest BCUT2D eigenvalue weighted by Gasteiger charge is -2.23. The molecule has 0 radical (unpaired) electrons. The maximum atomic E-state index is 11.0. The van der Waals surface area contributed by atoms with Crippen molar-refractivity contribution in [2.24, 2.45) is 0 Å². The molecule has 4 heteroatoms. The Balaban J connectivity index is 2.22. The number of nitrogens with zero attached hydrogens (tertiary/aromatic N) is 1. The minimum absolute atomic E-state index is 0.355. The summed E-state index contributed by atoms with van der Waals surface area (Å²) in [6.07, 6.45) is 1.69. The average Bonchev–Trinajstić information content (AvgIpc) is 2.67. The van der Waals surface area contributed by atoms with Gasteiger partial charge in [-0.05, 0) is 37.1 Å². The summed E-state index contributed by atoms with van der Waals surface area (Å²) < 4.78 is 1.01. The Morgan fingerprint density at radius 2 is 2.07 bits per heavy atom. The molecular formula is C11H12BrNO2. The van der Waals surface area contributed by atoms with Gasteiger partial charge in [0.25, 0.3) is 0 Å². The van der Waals surface area contributed by atoms with Crippen LogP contribution in [0.2, 0.25) is 0 Å². The minimum Gasteiger partial charge on any atom is -0.480 e. The van der Waals surface area contributed by atoms with Crippen LogP contribution >= 0.6 is 15.9 Å². The molecule has 0 aliphatic carbocycles. The molecule has 1 aromatic carbocycles. The average molecular weight is 270 g/mol. The van der Waals surface area contributed by atoms with Crippen LogP contribution in [0, 0.1) is 0 Å². The van der Waals surface area contributed by atoms with Crippen molar-refractivity contribution >= 4 is 27.6 Å². The normalized spacial score (nSPS) is 20.6. The lowest BCUT2D eigenvalue weighted by atomic mass is 10.2. The molecule has 0 aromatic heterocycles. The Labute approximate surface area is 96.8 Å². The molecule has 1 aromatic rings. The van der Waals surface area contributed by atoms with Crippen LogP contribution < -0.4 is 4.90 Å². The lowest BCUT2D eigenvalue weighted by Crippen LogP contribution is -2.35. The number of aliphatic carboxylic acids is 1. The van der Waals surface area contributed by atoms with E-state index in [-0.39, 0.29) is 6.04 Å². The number of carbonyl (C=O) groups is 1. The molecule has 3 nitrogen and oxygen atoms in total. The van der Waals surface area contributed by atoms with E-state index in [1.54, 1.807) is 0 Å². The van der Waals surface area contributed by atoms with Gasteiger partial charge in [0.1, 0.15) is 6.04 Å². The third-order valence-electron chi connectivity index (χ3n) is 2.70. The van der Waals surface area contributed by atoms with Gasteiger partial charge in [-0.1, -0.05) is 15.9 Å². The van der Waals surface area contributed by atoms with Crippen LogP contribution in [0.5, 0.6) is 0 Å². The molecule has 0 saturated carbocycles. The molecule has 2 rings (SSSR count).